The van der Waals surface area contributed by atoms with Gasteiger partial charge in [0, 0.05) is 18.7 Å². The third kappa shape index (κ3) is 4.55. The lowest BCUT2D eigenvalue weighted by Gasteiger charge is -2.08. The van der Waals surface area contributed by atoms with Gasteiger partial charge in [-0.1, -0.05) is 46.9 Å². The molecule has 0 bridgehead atoms. The summed E-state index contributed by atoms with van der Waals surface area (Å²) in [4.78, 5) is 12.4. The summed E-state index contributed by atoms with van der Waals surface area (Å²) < 4.78 is 6.38. The number of Topliss-reactive ketones (excluding diaryl/α,β-unsaturated/α-hetero) is 1. The third-order valence-electron chi connectivity index (χ3n) is 3.92. The summed E-state index contributed by atoms with van der Waals surface area (Å²) in [6.07, 6.45) is 2.50. The zero-order valence-electron chi connectivity index (χ0n) is 13.9. The van der Waals surface area contributed by atoms with Crippen LogP contribution in [0.1, 0.15) is 34.3 Å². The summed E-state index contributed by atoms with van der Waals surface area (Å²) >= 11 is 2.92. The number of anilines is 1. The second-order valence-electron chi connectivity index (χ2n) is 5.92. The lowest BCUT2D eigenvalue weighted by molar-refractivity contribution is 0.102. The smallest absolute Gasteiger partial charge is 0.206 e. The normalized spacial score (nSPS) is 17.2. The maximum absolute atomic E-state index is 12.4. The molecule has 2 heterocycles. The number of aromatic nitrogens is 2. The second-order valence-corrected chi connectivity index (χ2v) is 8.12. The Balaban J connectivity index is 1.50. The van der Waals surface area contributed by atoms with Gasteiger partial charge in [-0.25, -0.2) is 0 Å². The monoisotopic (exact) mass is 363 g/mol. The number of rotatable bonds is 7. The molecular weight excluding hydrogens is 342 g/mol. The van der Waals surface area contributed by atoms with Crippen molar-refractivity contribution in [1.29, 1.82) is 0 Å². The number of ketones is 1. The number of nitrogens with zero attached hydrogens (tertiary/aromatic N) is 2. The van der Waals surface area contributed by atoms with Crippen LogP contribution in [0, 0.1) is 13.8 Å². The fraction of sp³-hybridized carbons (Fsp3) is 0.471. The number of nitrogens with one attached hydrogen (secondary N) is 1. The summed E-state index contributed by atoms with van der Waals surface area (Å²) in [5, 5.41) is 12.3. The van der Waals surface area contributed by atoms with Gasteiger partial charge < -0.3 is 10.1 Å². The van der Waals surface area contributed by atoms with E-state index in [1.807, 2.05) is 32.0 Å². The van der Waals surface area contributed by atoms with Crippen molar-refractivity contribution in [2.75, 3.05) is 24.2 Å². The van der Waals surface area contributed by atoms with Gasteiger partial charge in [0.2, 0.25) is 5.13 Å². The Bertz CT molecular complexity index is 712. The number of hydrogen-bond donors (Lipinski definition) is 1. The highest BCUT2D eigenvalue weighted by molar-refractivity contribution is 8.01. The minimum absolute atomic E-state index is 0.126. The van der Waals surface area contributed by atoms with Crippen molar-refractivity contribution in [2.45, 2.75) is 37.1 Å². The molecule has 2 aromatic rings. The van der Waals surface area contributed by atoms with E-state index in [1.165, 1.54) is 28.7 Å². The Hall–Kier alpha value is -1.44. The van der Waals surface area contributed by atoms with Gasteiger partial charge in [-0.15, -0.1) is 10.2 Å². The van der Waals surface area contributed by atoms with E-state index in [1.54, 1.807) is 0 Å². The van der Waals surface area contributed by atoms with Crippen LogP contribution >= 0.6 is 23.1 Å². The molecule has 0 radical (unpaired) electrons. The zero-order valence-corrected chi connectivity index (χ0v) is 15.5. The Labute approximate surface area is 150 Å². The van der Waals surface area contributed by atoms with Crippen LogP contribution in [0.2, 0.25) is 0 Å². The SMILES string of the molecule is Cc1ccc(C(=O)CSc2nnc(NCC3CCCO3)s2)c(C)c1. The predicted molar refractivity (Wildman–Crippen MR) is 98.3 cm³/mol. The highest BCUT2D eigenvalue weighted by atomic mass is 32.2. The summed E-state index contributed by atoms with van der Waals surface area (Å²) in [5.41, 5.74) is 2.98. The van der Waals surface area contributed by atoms with Crippen molar-refractivity contribution in [1.82, 2.24) is 10.2 Å². The van der Waals surface area contributed by atoms with Crippen LogP contribution < -0.4 is 5.32 Å². The third-order valence-corrected chi connectivity index (χ3v) is 5.93. The molecule has 1 unspecified atom stereocenters. The van der Waals surface area contributed by atoms with Crippen molar-refractivity contribution in [3.63, 3.8) is 0 Å². The molecule has 3 rings (SSSR count). The summed E-state index contributed by atoms with van der Waals surface area (Å²) in [7, 11) is 0. The largest absolute Gasteiger partial charge is 0.376 e. The highest BCUT2D eigenvalue weighted by Gasteiger charge is 2.16. The van der Waals surface area contributed by atoms with E-state index >= 15 is 0 Å². The Morgan fingerprint density at radius 3 is 3.04 bits per heavy atom. The number of carbonyl (C=O) groups is 1. The first-order valence-corrected chi connectivity index (χ1v) is 9.84. The summed E-state index contributed by atoms with van der Waals surface area (Å²) in [6.45, 7) is 5.62. The molecule has 5 nitrogen and oxygen atoms in total. The second kappa shape index (κ2) is 8.09. The Morgan fingerprint density at radius 2 is 2.29 bits per heavy atom. The van der Waals surface area contributed by atoms with E-state index in [9.17, 15) is 4.79 Å². The van der Waals surface area contributed by atoms with Crippen molar-refractivity contribution >= 4 is 34.0 Å². The van der Waals surface area contributed by atoms with E-state index in [2.05, 4.69) is 15.5 Å². The van der Waals surface area contributed by atoms with Crippen LogP contribution in [-0.2, 0) is 4.74 Å². The molecule has 1 fully saturated rings. The van der Waals surface area contributed by atoms with Gasteiger partial charge in [-0.2, -0.15) is 0 Å². The predicted octanol–water partition coefficient (Wildman–Crippen LogP) is 3.72. The molecule has 1 aromatic carbocycles. The van der Waals surface area contributed by atoms with Crippen LogP contribution in [0.15, 0.2) is 22.5 Å². The van der Waals surface area contributed by atoms with Gasteiger partial charge in [-0.3, -0.25) is 4.79 Å². The van der Waals surface area contributed by atoms with Gasteiger partial charge in [0.15, 0.2) is 10.1 Å². The van der Waals surface area contributed by atoms with Crippen LogP contribution in [0.3, 0.4) is 0 Å². The molecule has 1 aliphatic heterocycles. The topological polar surface area (TPSA) is 64.1 Å². The van der Waals surface area contributed by atoms with Gasteiger partial charge in [0.25, 0.3) is 0 Å². The lowest BCUT2D eigenvalue weighted by Crippen LogP contribution is -2.18. The number of aryl methyl sites for hydroxylation is 2. The standard InChI is InChI=1S/C17H21N3O2S2/c1-11-5-6-14(12(2)8-11)15(21)10-23-17-20-19-16(24-17)18-9-13-4-3-7-22-13/h5-6,8,13H,3-4,7,9-10H2,1-2H3,(H,18,19). The number of benzene rings is 1. The molecule has 1 aliphatic rings. The molecule has 24 heavy (non-hydrogen) atoms. The molecule has 1 aromatic heterocycles. The van der Waals surface area contributed by atoms with Crippen molar-refractivity contribution in [3.8, 4) is 0 Å². The molecule has 1 N–H and O–H groups in total. The maximum Gasteiger partial charge on any atom is 0.206 e. The van der Waals surface area contributed by atoms with Crippen LogP contribution in [-0.4, -0.2) is 41.0 Å². The van der Waals surface area contributed by atoms with Gasteiger partial charge in [-0.05, 0) is 32.3 Å². The average molecular weight is 364 g/mol. The van der Waals surface area contributed by atoms with E-state index < -0.39 is 0 Å². The average Bonchev–Trinajstić information content (AvgIpc) is 3.22. The van der Waals surface area contributed by atoms with E-state index in [0.717, 1.165) is 46.6 Å². The first-order valence-electron chi connectivity index (χ1n) is 8.04. The van der Waals surface area contributed by atoms with Crippen LogP contribution in [0.25, 0.3) is 0 Å². The molecular formula is C17H21N3O2S2. The van der Waals surface area contributed by atoms with Crippen LogP contribution in [0.4, 0.5) is 5.13 Å². The van der Waals surface area contributed by atoms with Crippen molar-refractivity contribution < 1.29 is 9.53 Å². The number of hydrogen-bond acceptors (Lipinski definition) is 7. The fourth-order valence-electron chi connectivity index (χ4n) is 2.68. The molecule has 0 spiro atoms. The first-order chi connectivity index (χ1) is 11.6. The molecule has 0 saturated carbocycles. The Morgan fingerprint density at radius 1 is 1.42 bits per heavy atom. The fourth-order valence-corrected chi connectivity index (χ4v) is 4.32. The van der Waals surface area contributed by atoms with E-state index in [0.29, 0.717) is 5.75 Å². The molecule has 0 aliphatic carbocycles. The van der Waals surface area contributed by atoms with Crippen molar-refractivity contribution in [2.24, 2.45) is 0 Å². The molecule has 0 amide bonds. The Kier molecular flexibility index (Phi) is 5.86. The summed E-state index contributed by atoms with van der Waals surface area (Å²) in [5.74, 6) is 0.506. The first kappa shape index (κ1) is 17.4. The van der Waals surface area contributed by atoms with Crippen molar-refractivity contribution in [3.05, 3.63) is 34.9 Å². The highest BCUT2D eigenvalue weighted by Crippen LogP contribution is 2.27. The molecule has 1 saturated heterocycles. The number of ether oxygens (including phenoxy) is 1. The minimum atomic E-state index is 0.126. The maximum atomic E-state index is 12.4. The quantitative estimate of drug-likeness (QED) is 0.597. The van der Waals surface area contributed by atoms with Gasteiger partial charge >= 0.3 is 0 Å². The van der Waals surface area contributed by atoms with Gasteiger partial charge in [0.05, 0.1) is 11.9 Å². The number of thioether (sulfide) groups is 1. The molecule has 7 heteroatoms. The summed E-state index contributed by atoms with van der Waals surface area (Å²) in [6, 6.07) is 5.92. The molecule has 128 valence electrons. The molecule has 1 atom stereocenters. The zero-order chi connectivity index (χ0) is 16.9. The van der Waals surface area contributed by atoms with E-state index in [-0.39, 0.29) is 11.9 Å². The number of carbonyl (C=O) groups excluding carboxylic acids is 1. The van der Waals surface area contributed by atoms with Gasteiger partial charge in [0.1, 0.15) is 0 Å². The van der Waals surface area contributed by atoms with Crippen LogP contribution in [0.5, 0.6) is 0 Å². The minimum Gasteiger partial charge on any atom is -0.376 e. The van der Waals surface area contributed by atoms with E-state index in [4.69, 9.17) is 4.74 Å². The lowest BCUT2D eigenvalue weighted by atomic mass is 10.0.